The Bertz CT molecular complexity index is 185. The summed E-state index contributed by atoms with van der Waals surface area (Å²) in [5.41, 5.74) is 0. The average molecular weight is 183 g/mol. The number of hydrogen-bond donors (Lipinski definition) is 1. The van der Waals surface area contributed by atoms with Crippen LogP contribution in [0.25, 0.3) is 0 Å². The molecule has 3 heteroatoms. The van der Waals surface area contributed by atoms with Gasteiger partial charge in [-0.15, -0.1) is 0 Å². The van der Waals surface area contributed by atoms with Gasteiger partial charge in [0.2, 0.25) is 5.91 Å². The summed E-state index contributed by atoms with van der Waals surface area (Å²) in [6.07, 6.45) is 6.19. The smallest absolute Gasteiger partial charge is 0.220 e. The predicted octanol–water partition coefficient (Wildman–Crippen LogP) is 1.27. The van der Waals surface area contributed by atoms with Gasteiger partial charge in [0, 0.05) is 6.42 Å². The molecule has 74 valence electrons. The Hall–Kier alpha value is -0.860. The normalized spacial score (nSPS) is 19.8. The minimum absolute atomic E-state index is 0.0199. The van der Waals surface area contributed by atoms with Crippen molar-refractivity contribution in [3.63, 3.8) is 0 Å². The lowest BCUT2D eigenvalue weighted by Crippen LogP contribution is -2.34. The quantitative estimate of drug-likeness (QED) is 0.667. The molecular weight excluding hydrogens is 166 g/mol. The van der Waals surface area contributed by atoms with Crippen molar-refractivity contribution >= 4 is 12.2 Å². The second-order valence-electron chi connectivity index (χ2n) is 3.85. The summed E-state index contributed by atoms with van der Waals surface area (Å²) in [4.78, 5) is 21.6. The van der Waals surface area contributed by atoms with Crippen molar-refractivity contribution in [2.75, 3.05) is 0 Å². The van der Waals surface area contributed by atoms with Gasteiger partial charge < -0.3 is 10.1 Å². The van der Waals surface area contributed by atoms with E-state index in [0.717, 1.165) is 6.29 Å². The highest BCUT2D eigenvalue weighted by molar-refractivity contribution is 5.79. The Morgan fingerprint density at radius 1 is 1.54 bits per heavy atom. The van der Waals surface area contributed by atoms with Crippen LogP contribution < -0.4 is 5.32 Å². The molecule has 0 aromatic carbocycles. The van der Waals surface area contributed by atoms with Gasteiger partial charge in [-0.1, -0.05) is 12.8 Å². The molecule has 1 N–H and O–H groups in total. The van der Waals surface area contributed by atoms with Crippen LogP contribution >= 0.6 is 0 Å². The maximum Gasteiger partial charge on any atom is 0.220 e. The predicted molar refractivity (Wildman–Crippen MR) is 50.2 cm³/mol. The van der Waals surface area contributed by atoms with Crippen molar-refractivity contribution in [3.8, 4) is 0 Å². The number of nitrogens with one attached hydrogen (secondary N) is 1. The Balaban J connectivity index is 2.20. The van der Waals surface area contributed by atoms with Crippen molar-refractivity contribution in [1.29, 1.82) is 0 Å². The van der Waals surface area contributed by atoms with Gasteiger partial charge >= 0.3 is 0 Å². The molecule has 1 saturated carbocycles. The average Bonchev–Trinajstić information content (AvgIpc) is 2.56. The molecule has 0 heterocycles. The number of carbonyl (C=O) groups is 2. The van der Waals surface area contributed by atoms with E-state index in [1.807, 2.05) is 0 Å². The Labute approximate surface area is 78.9 Å². The minimum atomic E-state index is -0.339. The zero-order valence-corrected chi connectivity index (χ0v) is 8.08. The van der Waals surface area contributed by atoms with Crippen LogP contribution in [0, 0.1) is 5.92 Å². The molecule has 0 aromatic heterocycles. The first-order valence-electron chi connectivity index (χ1n) is 4.97. The van der Waals surface area contributed by atoms with Gasteiger partial charge in [0.25, 0.3) is 0 Å². The summed E-state index contributed by atoms with van der Waals surface area (Å²) in [6, 6.07) is -0.339. The molecule has 1 rings (SSSR count). The zero-order valence-electron chi connectivity index (χ0n) is 8.08. The third kappa shape index (κ3) is 3.57. The molecule has 0 unspecified atom stereocenters. The molecule has 1 aliphatic carbocycles. The fourth-order valence-electron chi connectivity index (χ4n) is 1.82. The van der Waals surface area contributed by atoms with E-state index >= 15 is 0 Å². The maximum absolute atomic E-state index is 11.3. The second-order valence-corrected chi connectivity index (χ2v) is 3.85. The first-order valence-corrected chi connectivity index (χ1v) is 4.97. The number of carbonyl (C=O) groups excluding carboxylic acids is 2. The van der Waals surface area contributed by atoms with Crippen LogP contribution in [0.5, 0.6) is 0 Å². The summed E-state index contributed by atoms with van der Waals surface area (Å²) >= 11 is 0. The van der Waals surface area contributed by atoms with Crippen LogP contribution in [0.1, 0.15) is 39.0 Å². The molecule has 0 aromatic rings. The van der Waals surface area contributed by atoms with Gasteiger partial charge in [-0.3, -0.25) is 4.79 Å². The van der Waals surface area contributed by atoms with E-state index in [4.69, 9.17) is 0 Å². The lowest BCUT2D eigenvalue weighted by atomic mass is 10.0. The lowest BCUT2D eigenvalue weighted by molar-refractivity contribution is -0.124. The summed E-state index contributed by atoms with van der Waals surface area (Å²) in [5, 5.41) is 2.65. The van der Waals surface area contributed by atoms with Crippen molar-refractivity contribution in [3.05, 3.63) is 0 Å². The highest BCUT2D eigenvalue weighted by atomic mass is 16.2. The third-order valence-electron chi connectivity index (χ3n) is 2.54. The van der Waals surface area contributed by atoms with Gasteiger partial charge in [-0.2, -0.15) is 0 Å². The fraction of sp³-hybridized carbons (Fsp3) is 0.800. The van der Waals surface area contributed by atoms with E-state index in [9.17, 15) is 9.59 Å². The zero-order chi connectivity index (χ0) is 9.68. The first kappa shape index (κ1) is 10.2. The van der Waals surface area contributed by atoms with E-state index < -0.39 is 0 Å². The standard InChI is InChI=1S/C10H17NO2/c1-8(7-12)11-10(13)6-9-4-2-3-5-9/h7-9H,2-6H2,1H3,(H,11,13)/t8-/m0/s1. The number of amides is 1. The topological polar surface area (TPSA) is 46.2 Å². The SMILES string of the molecule is C[C@@H](C=O)NC(=O)CC1CCCC1. The number of hydrogen-bond acceptors (Lipinski definition) is 2. The van der Waals surface area contributed by atoms with Crippen molar-refractivity contribution in [1.82, 2.24) is 5.32 Å². The molecule has 3 nitrogen and oxygen atoms in total. The van der Waals surface area contributed by atoms with E-state index in [0.29, 0.717) is 12.3 Å². The van der Waals surface area contributed by atoms with Crippen molar-refractivity contribution in [2.45, 2.75) is 45.1 Å². The van der Waals surface area contributed by atoms with Gasteiger partial charge in [-0.25, -0.2) is 0 Å². The molecule has 0 bridgehead atoms. The van der Waals surface area contributed by atoms with Crippen molar-refractivity contribution < 1.29 is 9.59 Å². The van der Waals surface area contributed by atoms with E-state index in [2.05, 4.69) is 5.32 Å². The third-order valence-corrected chi connectivity index (χ3v) is 2.54. The molecule has 1 aliphatic rings. The molecule has 1 fully saturated rings. The molecule has 1 amide bonds. The van der Waals surface area contributed by atoms with E-state index in [1.165, 1.54) is 25.7 Å². The Morgan fingerprint density at radius 3 is 2.69 bits per heavy atom. The van der Waals surface area contributed by atoms with Crippen LogP contribution in [-0.2, 0) is 9.59 Å². The molecular formula is C10H17NO2. The van der Waals surface area contributed by atoms with Gasteiger partial charge in [0.1, 0.15) is 6.29 Å². The molecule has 0 saturated heterocycles. The summed E-state index contributed by atoms with van der Waals surface area (Å²) in [7, 11) is 0. The summed E-state index contributed by atoms with van der Waals surface area (Å²) < 4.78 is 0. The monoisotopic (exact) mass is 183 g/mol. The first-order chi connectivity index (χ1) is 6.22. The van der Waals surface area contributed by atoms with Crippen LogP contribution in [0.4, 0.5) is 0 Å². The van der Waals surface area contributed by atoms with Crippen LogP contribution in [0.2, 0.25) is 0 Å². The van der Waals surface area contributed by atoms with Crippen LogP contribution in [-0.4, -0.2) is 18.2 Å². The maximum atomic E-state index is 11.3. The molecule has 13 heavy (non-hydrogen) atoms. The largest absolute Gasteiger partial charge is 0.347 e. The highest BCUT2D eigenvalue weighted by Gasteiger charge is 2.18. The second kappa shape index (κ2) is 5.00. The number of aldehydes is 1. The summed E-state index contributed by atoms with van der Waals surface area (Å²) in [6.45, 7) is 1.69. The van der Waals surface area contributed by atoms with Crippen LogP contribution in [0.3, 0.4) is 0 Å². The molecule has 0 spiro atoms. The Kier molecular flexibility index (Phi) is 3.93. The van der Waals surface area contributed by atoms with E-state index in [1.54, 1.807) is 6.92 Å². The van der Waals surface area contributed by atoms with E-state index in [-0.39, 0.29) is 11.9 Å². The molecule has 0 radical (unpaired) electrons. The van der Waals surface area contributed by atoms with Crippen LogP contribution in [0.15, 0.2) is 0 Å². The number of rotatable bonds is 4. The highest BCUT2D eigenvalue weighted by Crippen LogP contribution is 2.27. The van der Waals surface area contributed by atoms with Gasteiger partial charge in [-0.05, 0) is 25.7 Å². The lowest BCUT2D eigenvalue weighted by Gasteiger charge is -2.10. The Morgan fingerprint density at radius 2 is 2.15 bits per heavy atom. The molecule has 1 atom stereocenters. The van der Waals surface area contributed by atoms with Crippen molar-refractivity contribution in [2.24, 2.45) is 5.92 Å². The van der Waals surface area contributed by atoms with Gasteiger partial charge in [0.15, 0.2) is 0 Å². The molecule has 0 aliphatic heterocycles. The fourth-order valence-corrected chi connectivity index (χ4v) is 1.82. The van der Waals surface area contributed by atoms with Gasteiger partial charge in [0.05, 0.1) is 6.04 Å². The minimum Gasteiger partial charge on any atom is -0.347 e. The summed E-state index contributed by atoms with van der Waals surface area (Å²) in [5.74, 6) is 0.574.